The molecule has 4 nitrogen and oxygen atoms in total. The van der Waals surface area contributed by atoms with Crippen molar-refractivity contribution < 1.29 is 0 Å². The number of halogens is 2. The molecule has 1 aliphatic heterocycles. The van der Waals surface area contributed by atoms with Crippen LogP contribution in [0.3, 0.4) is 0 Å². The number of anilines is 1. The van der Waals surface area contributed by atoms with Crippen molar-refractivity contribution in [1.29, 1.82) is 0 Å². The summed E-state index contributed by atoms with van der Waals surface area (Å²) in [6, 6.07) is 0. The van der Waals surface area contributed by atoms with Gasteiger partial charge in [0.2, 0.25) is 5.28 Å². The number of hydrogen-bond donors (Lipinski definition) is 0. The Morgan fingerprint density at radius 3 is 2.82 bits per heavy atom. The highest BCUT2D eigenvalue weighted by Crippen LogP contribution is 2.27. The smallest absolute Gasteiger partial charge is 0.245 e. The van der Waals surface area contributed by atoms with E-state index >= 15 is 0 Å². The van der Waals surface area contributed by atoms with E-state index in [1.165, 1.54) is 19.3 Å². The van der Waals surface area contributed by atoms with Gasteiger partial charge >= 0.3 is 0 Å². The van der Waals surface area contributed by atoms with E-state index < -0.39 is 0 Å². The van der Waals surface area contributed by atoms with Crippen molar-refractivity contribution in [2.24, 2.45) is 5.92 Å². The summed E-state index contributed by atoms with van der Waals surface area (Å²) in [4.78, 5) is 6.34. The summed E-state index contributed by atoms with van der Waals surface area (Å²) in [5, 5.41) is 7.93. The predicted molar refractivity (Wildman–Crippen MR) is 69.7 cm³/mol. The van der Waals surface area contributed by atoms with Gasteiger partial charge in [0.15, 0.2) is 11.0 Å². The Balaban J connectivity index is 2.13. The predicted octanol–water partition coefficient (Wildman–Crippen LogP) is 3.19. The van der Waals surface area contributed by atoms with Gasteiger partial charge in [0.1, 0.15) is 0 Å². The average Bonchev–Trinajstić information content (AvgIpc) is 2.57. The Labute approximate surface area is 111 Å². The second-order valence-electron chi connectivity index (χ2n) is 4.39. The monoisotopic (exact) mass is 274 g/mol. The molecule has 0 amide bonds. The number of aromatic nitrogens is 3. The second-order valence-corrected chi connectivity index (χ2v) is 5.08. The van der Waals surface area contributed by atoms with E-state index in [1.54, 1.807) is 0 Å². The van der Waals surface area contributed by atoms with Crippen LogP contribution in [0.4, 0.5) is 5.82 Å². The van der Waals surface area contributed by atoms with Gasteiger partial charge in [-0.1, -0.05) is 24.9 Å². The van der Waals surface area contributed by atoms with E-state index in [4.69, 9.17) is 23.2 Å². The van der Waals surface area contributed by atoms with Gasteiger partial charge in [-0.3, -0.25) is 0 Å². The van der Waals surface area contributed by atoms with E-state index in [0.717, 1.165) is 25.4 Å². The standard InChI is InChI=1S/C11H16Cl2N4/c1-2-8-4-3-6-17(7-5-8)10-9(12)15-16-11(13)14-10/h8H,2-7H2,1H3. The summed E-state index contributed by atoms with van der Waals surface area (Å²) >= 11 is 11.8. The molecule has 17 heavy (non-hydrogen) atoms. The third-order valence-electron chi connectivity index (χ3n) is 3.33. The molecule has 0 aromatic carbocycles. The van der Waals surface area contributed by atoms with Crippen LogP contribution in [0.5, 0.6) is 0 Å². The molecule has 1 atom stereocenters. The van der Waals surface area contributed by atoms with Crippen LogP contribution in [-0.2, 0) is 0 Å². The minimum atomic E-state index is 0.153. The fraction of sp³-hybridized carbons (Fsp3) is 0.727. The SMILES string of the molecule is CCC1CCCN(c2nc(Cl)nnc2Cl)CC1. The van der Waals surface area contributed by atoms with E-state index in [1.807, 2.05) is 0 Å². The maximum atomic E-state index is 6.02. The third kappa shape index (κ3) is 3.19. The number of nitrogens with zero attached hydrogens (tertiary/aromatic N) is 4. The van der Waals surface area contributed by atoms with Crippen LogP contribution in [0.2, 0.25) is 10.4 Å². The molecule has 1 aliphatic rings. The second kappa shape index (κ2) is 5.83. The molecular weight excluding hydrogens is 259 g/mol. The van der Waals surface area contributed by atoms with Crippen molar-refractivity contribution in [1.82, 2.24) is 15.2 Å². The molecule has 1 aromatic heterocycles. The Morgan fingerprint density at radius 1 is 1.24 bits per heavy atom. The van der Waals surface area contributed by atoms with Crippen molar-refractivity contribution in [3.8, 4) is 0 Å². The molecule has 2 rings (SSSR count). The van der Waals surface area contributed by atoms with Crippen molar-refractivity contribution >= 4 is 29.0 Å². The molecular formula is C11H16Cl2N4. The Bertz CT molecular complexity index is 386. The van der Waals surface area contributed by atoms with Gasteiger partial charge in [-0.05, 0) is 36.8 Å². The lowest BCUT2D eigenvalue weighted by atomic mass is 9.98. The summed E-state index contributed by atoms with van der Waals surface area (Å²) in [7, 11) is 0. The quantitative estimate of drug-likeness (QED) is 0.831. The zero-order chi connectivity index (χ0) is 12.3. The Hall–Kier alpha value is -0.610. The lowest BCUT2D eigenvalue weighted by Gasteiger charge is -2.21. The van der Waals surface area contributed by atoms with Gasteiger partial charge in [0.05, 0.1) is 0 Å². The summed E-state index contributed by atoms with van der Waals surface area (Å²) < 4.78 is 0. The molecule has 2 heterocycles. The van der Waals surface area contributed by atoms with Crippen molar-refractivity contribution in [2.45, 2.75) is 32.6 Å². The van der Waals surface area contributed by atoms with Gasteiger partial charge < -0.3 is 4.90 Å². The fourth-order valence-electron chi connectivity index (χ4n) is 2.27. The summed E-state index contributed by atoms with van der Waals surface area (Å²) in [5.74, 6) is 1.48. The van der Waals surface area contributed by atoms with Crippen LogP contribution in [0.1, 0.15) is 32.6 Å². The highest BCUT2D eigenvalue weighted by atomic mass is 35.5. The molecule has 0 aliphatic carbocycles. The highest BCUT2D eigenvalue weighted by molar-refractivity contribution is 6.32. The van der Waals surface area contributed by atoms with Crippen LogP contribution < -0.4 is 4.90 Å². The van der Waals surface area contributed by atoms with Gasteiger partial charge in [0, 0.05) is 13.1 Å². The van der Waals surface area contributed by atoms with Crippen molar-refractivity contribution in [2.75, 3.05) is 18.0 Å². The zero-order valence-electron chi connectivity index (χ0n) is 9.86. The molecule has 0 saturated carbocycles. The zero-order valence-corrected chi connectivity index (χ0v) is 11.4. The van der Waals surface area contributed by atoms with E-state index in [0.29, 0.717) is 11.0 Å². The van der Waals surface area contributed by atoms with Gasteiger partial charge in [-0.15, -0.1) is 10.2 Å². The van der Waals surface area contributed by atoms with Gasteiger partial charge in [0.25, 0.3) is 0 Å². The maximum Gasteiger partial charge on any atom is 0.245 e. The summed E-state index contributed by atoms with van der Waals surface area (Å²) in [5.41, 5.74) is 0. The lowest BCUT2D eigenvalue weighted by Crippen LogP contribution is -2.26. The Morgan fingerprint density at radius 2 is 2.06 bits per heavy atom. The summed E-state index contributed by atoms with van der Waals surface area (Å²) in [6.07, 6.45) is 4.85. The number of rotatable bonds is 2. The minimum absolute atomic E-state index is 0.153. The first-order valence-electron chi connectivity index (χ1n) is 6.01. The van der Waals surface area contributed by atoms with Crippen LogP contribution in [-0.4, -0.2) is 28.3 Å². The van der Waals surface area contributed by atoms with Crippen LogP contribution >= 0.6 is 23.2 Å². The van der Waals surface area contributed by atoms with Gasteiger partial charge in [-0.25, -0.2) is 0 Å². The molecule has 0 radical (unpaired) electrons. The molecule has 1 fully saturated rings. The van der Waals surface area contributed by atoms with Crippen LogP contribution in [0.15, 0.2) is 0 Å². The first-order chi connectivity index (χ1) is 8.20. The van der Waals surface area contributed by atoms with Crippen LogP contribution in [0, 0.1) is 5.92 Å². The number of hydrogen-bond acceptors (Lipinski definition) is 4. The maximum absolute atomic E-state index is 6.02. The highest BCUT2D eigenvalue weighted by Gasteiger charge is 2.19. The van der Waals surface area contributed by atoms with E-state index in [-0.39, 0.29) is 5.28 Å². The first-order valence-corrected chi connectivity index (χ1v) is 6.77. The molecule has 0 spiro atoms. The van der Waals surface area contributed by atoms with E-state index in [9.17, 15) is 0 Å². The largest absolute Gasteiger partial charge is 0.354 e. The fourth-order valence-corrected chi connectivity index (χ4v) is 2.59. The van der Waals surface area contributed by atoms with Gasteiger partial charge in [-0.2, -0.15) is 4.98 Å². The summed E-state index contributed by atoms with van der Waals surface area (Å²) in [6.45, 7) is 4.18. The average molecular weight is 275 g/mol. The van der Waals surface area contributed by atoms with E-state index in [2.05, 4.69) is 27.0 Å². The molecule has 6 heteroatoms. The van der Waals surface area contributed by atoms with Crippen molar-refractivity contribution in [3.63, 3.8) is 0 Å². The van der Waals surface area contributed by atoms with Crippen molar-refractivity contribution in [3.05, 3.63) is 10.4 Å². The minimum Gasteiger partial charge on any atom is -0.354 e. The third-order valence-corrected chi connectivity index (χ3v) is 3.73. The first kappa shape index (κ1) is 12.8. The normalized spacial score (nSPS) is 21.4. The van der Waals surface area contributed by atoms with Crippen LogP contribution in [0.25, 0.3) is 0 Å². The molecule has 1 saturated heterocycles. The Kier molecular flexibility index (Phi) is 4.40. The topological polar surface area (TPSA) is 41.9 Å². The molecule has 0 bridgehead atoms. The molecule has 94 valence electrons. The lowest BCUT2D eigenvalue weighted by molar-refractivity contribution is 0.459. The molecule has 1 unspecified atom stereocenters. The molecule has 1 aromatic rings. The molecule has 0 N–H and O–H groups in total.